The van der Waals surface area contributed by atoms with Crippen LogP contribution in [0.1, 0.15) is 50.4 Å². The molecule has 0 aromatic carbocycles. The maximum atomic E-state index is 3.38. The molecule has 0 aliphatic carbocycles. The lowest BCUT2D eigenvalue weighted by molar-refractivity contribution is 0.174. The lowest BCUT2D eigenvalue weighted by Crippen LogP contribution is -2.35. The molecular formula is C13H22N2. The Kier molecular flexibility index (Phi) is 3.47. The molecule has 0 fully saturated rings. The predicted octanol–water partition coefficient (Wildman–Crippen LogP) is 3.12. The number of aromatic amines is 1. The van der Waals surface area contributed by atoms with E-state index < -0.39 is 0 Å². The Hall–Kier alpha value is -0.760. The second-order valence-corrected chi connectivity index (χ2v) is 4.50. The fourth-order valence-corrected chi connectivity index (χ4v) is 2.72. The number of fused-ring (bicyclic) bond motifs is 1. The van der Waals surface area contributed by atoms with Crippen LogP contribution >= 0.6 is 0 Å². The molecule has 0 bridgehead atoms. The van der Waals surface area contributed by atoms with Crippen molar-refractivity contribution in [2.45, 2.75) is 45.6 Å². The van der Waals surface area contributed by atoms with Gasteiger partial charge in [-0.2, -0.15) is 0 Å². The van der Waals surface area contributed by atoms with Gasteiger partial charge in [0.25, 0.3) is 0 Å². The summed E-state index contributed by atoms with van der Waals surface area (Å²) in [5.74, 6) is 0. The molecular weight excluding hydrogens is 184 g/mol. The summed E-state index contributed by atoms with van der Waals surface area (Å²) in [5, 5.41) is 0. The van der Waals surface area contributed by atoms with Crippen molar-refractivity contribution in [2.75, 3.05) is 13.1 Å². The Morgan fingerprint density at radius 3 is 3.00 bits per heavy atom. The van der Waals surface area contributed by atoms with Gasteiger partial charge in [-0.15, -0.1) is 0 Å². The van der Waals surface area contributed by atoms with Crippen LogP contribution in [0.25, 0.3) is 0 Å². The van der Waals surface area contributed by atoms with Gasteiger partial charge in [0.05, 0.1) is 0 Å². The largest absolute Gasteiger partial charge is 0.365 e. The van der Waals surface area contributed by atoms with Crippen molar-refractivity contribution < 1.29 is 0 Å². The summed E-state index contributed by atoms with van der Waals surface area (Å²) in [4.78, 5) is 6.03. The summed E-state index contributed by atoms with van der Waals surface area (Å²) in [6, 6.07) is 2.95. The van der Waals surface area contributed by atoms with Gasteiger partial charge in [-0.05, 0) is 31.0 Å². The average Bonchev–Trinajstić information content (AvgIpc) is 2.70. The Bertz CT molecular complexity index is 303. The third kappa shape index (κ3) is 2.10. The molecule has 0 saturated carbocycles. The number of nitrogens with zero attached hydrogens (tertiary/aromatic N) is 1. The van der Waals surface area contributed by atoms with E-state index in [2.05, 4.69) is 36.0 Å². The van der Waals surface area contributed by atoms with Crippen LogP contribution in [0.5, 0.6) is 0 Å². The molecule has 1 N–H and O–H groups in total. The molecule has 2 rings (SSSR count). The zero-order valence-corrected chi connectivity index (χ0v) is 9.92. The van der Waals surface area contributed by atoms with E-state index in [9.17, 15) is 0 Å². The lowest BCUT2D eigenvalue weighted by Gasteiger charge is -2.35. The summed E-state index contributed by atoms with van der Waals surface area (Å²) in [5.41, 5.74) is 3.03. The molecule has 84 valence electrons. The third-order valence-electron chi connectivity index (χ3n) is 3.39. The normalized spacial score (nSPS) is 21.6. The number of aromatic nitrogens is 1. The van der Waals surface area contributed by atoms with E-state index in [0.717, 1.165) is 0 Å². The van der Waals surface area contributed by atoms with Crippen LogP contribution in [-0.2, 0) is 6.42 Å². The minimum Gasteiger partial charge on any atom is -0.365 e. The Balaban J connectivity index is 2.18. The van der Waals surface area contributed by atoms with E-state index >= 15 is 0 Å². The maximum absolute atomic E-state index is 3.38. The third-order valence-corrected chi connectivity index (χ3v) is 3.39. The van der Waals surface area contributed by atoms with Crippen molar-refractivity contribution in [3.63, 3.8) is 0 Å². The number of rotatable bonds is 4. The number of nitrogens with one attached hydrogen (secondary N) is 1. The molecule has 0 radical (unpaired) electrons. The van der Waals surface area contributed by atoms with Crippen molar-refractivity contribution in [2.24, 2.45) is 0 Å². The summed E-state index contributed by atoms with van der Waals surface area (Å²) < 4.78 is 0. The lowest BCUT2D eigenvalue weighted by atomic mass is 9.95. The molecule has 2 nitrogen and oxygen atoms in total. The highest BCUT2D eigenvalue weighted by Crippen LogP contribution is 2.32. The first-order valence-corrected chi connectivity index (χ1v) is 6.27. The van der Waals surface area contributed by atoms with Gasteiger partial charge >= 0.3 is 0 Å². The highest BCUT2D eigenvalue weighted by molar-refractivity contribution is 5.27. The topological polar surface area (TPSA) is 19.0 Å². The standard InChI is InChI=1S/C13H22N2/c1-3-5-13-11-6-8-14-12(11)7-10-15(13)9-4-2/h6,8,13-14H,3-5,7,9-10H2,1-2H3/t13-/m1/s1. The van der Waals surface area contributed by atoms with Crippen molar-refractivity contribution in [1.29, 1.82) is 0 Å². The smallest absolute Gasteiger partial charge is 0.0365 e. The molecule has 2 heterocycles. The van der Waals surface area contributed by atoms with Gasteiger partial charge in [0.1, 0.15) is 0 Å². The zero-order chi connectivity index (χ0) is 10.7. The molecule has 1 aromatic heterocycles. The number of H-pyrrole nitrogens is 1. The molecule has 1 aliphatic heterocycles. The van der Waals surface area contributed by atoms with Crippen LogP contribution in [0.3, 0.4) is 0 Å². The molecule has 1 aromatic rings. The highest BCUT2D eigenvalue weighted by Gasteiger charge is 2.26. The Labute approximate surface area is 92.7 Å². The quantitative estimate of drug-likeness (QED) is 0.802. The molecule has 2 heteroatoms. The summed E-state index contributed by atoms with van der Waals surface area (Å²) in [6.45, 7) is 7.03. The SMILES string of the molecule is CCC[C@@H]1c2cc[nH]c2CCN1CCC. The number of hydrogen-bond acceptors (Lipinski definition) is 1. The molecule has 0 amide bonds. The van der Waals surface area contributed by atoms with Crippen molar-refractivity contribution in [3.8, 4) is 0 Å². The van der Waals surface area contributed by atoms with E-state index in [1.807, 2.05) is 0 Å². The first-order valence-electron chi connectivity index (χ1n) is 6.27. The van der Waals surface area contributed by atoms with Crippen LogP contribution in [0.2, 0.25) is 0 Å². The molecule has 0 spiro atoms. The van der Waals surface area contributed by atoms with Gasteiger partial charge < -0.3 is 4.98 Å². The summed E-state index contributed by atoms with van der Waals surface area (Å²) in [7, 11) is 0. The van der Waals surface area contributed by atoms with Crippen LogP contribution in [-0.4, -0.2) is 23.0 Å². The van der Waals surface area contributed by atoms with Crippen molar-refractivity contribution >= 4 is 0 Å². The summed E-state index contributed by atoms with van der Waals surface area (Å²) >= 11 is 0. The fourth-order valence-electron chi connectivity index (χ4n) is 2.72. The van der Waals surface area contributed by atoms with Crippen LogP contribution in [0.15, 0.2) is 12.3 Å². The van der Waals surface area contributed by atoms with Gasteiger partial charge in [-0.3, -0.25) is 4.90 Å². The van der Waals surface area contributed by atoms with Gasteiger partial charge in [0.15, 0.2) is 0 Å². The average molecular weight is 206 g/mol. The highest BCUT2D eigenvalue weighted by atomic mass is 15.2. The van der Waals surface area contributed by atoms with E-state index in [-0.39, 0.29) is 0 Å². The number of hydrogen-bond donors (Lipinski definition) is 1. The first kappa shape index (κ1) is 10.7. The van der Waals surface area contributed by atoms with Gasteiger partial charge in [-0.1, -0.05) is 20.3 Å². The van der Waals surface area contributed by atoms with E-state index in [0.29, 0.717) is 6.04 Å². The minimum absolute atomic E-state index is 0.671. The molecule has 15 heavy (non-hydrogen) atoms. The van der Waals surface area contributed by atoms with Crippen LogP contribution < -0.4 is 0 Å². The van der Waals surface area contributed by atoms with E-state index in [1.54, 1.807) is 5.56 Å². The van der Waals surface area contributed by atoms with Crippen molar-refractivity contribution in [1.82, 2.24) is 9.88 Å². The minimum atomic E-state index is 0.671. The summed E-state index contributed by atoms with van der Waals surface area (Å²) in [6.07, 6.45) is 7.13. The van der Waals surface area contributed by atoms with Gasteiger partial charge in [0, 0.05) is 30.9 Å². The van der Waals surface area contributed by atoms with E-state index in [1.165, 1.54) is 44.5 Å². The Morgan fingerprint density at radius 2 is 2.27 bits per heavy atom. The van der Waals surface area contributed by atoms with Crippen molar-refractivity contribution in [3.05, 3.63) is 23.5 Å². The van der Waals surface area contributed by atoms with Gasteiger partial charge in [0.2, 0.25) is 0 Å². The van der Waals surface area contributed by atoms with E-state index in [4.69, 9.17) is 0 Å². The molecule has 0 saturated heterocycles. The van der Waals surface area contributed by atoms with Crippen LogP contribution in [0, 0.1) is 0 Å². The Morgan fingerprint density at radius 1 is 1.40 bits per heavy atom. The predicted molar refractivity (Wildman–Crippen MR) is 64.0 cm³/mol. The van der Waals surface area contributed by atoms with Crippen LogP contribution in [0.4, 0.5) is 0 Å². The van der Waals surface area contributed by atoms with Gasteiger partial charge in [-0.25, -0.2) is 0 Å². The second kappa shape index (κ2) is 4.84. The first-order chi connectivity index (χ1) is 7.36. The zero-order valence-electron chi connectivity index (χ0n) is 9.92. The molecule has 1 atom stereocenters. The second-order valence-electron chi connectivity index (χ2n) is 4.50. The fraction of sp³-hybridized carbons (Fsp3) is 0.692. The molecule has 1 aliphatic rings. The monoisotopic (exact) mass is 206 g/mol. The molecule has 0 unspecified atom stereocenters. The maximum Gasteiger partial charge on any atom is 0.0365 e.